The third kappa shape index (κ3) is 5.79. The van der Waals surface area contributed by atoms with E-state index >= 15 is 0 Å². The Labute approximate surface area is 243 Å². The molecule has 0 atom stereocenters. The molecule has 1 saturated heterocycles. The molecular formula is C29H33ClN6O5. The van der Waals surface area contributed by atoms with Crippen molar-refractivity contribution in [2.75, 3.05) is 51.9 Å². The Bertz CT molecular complexity index is 1570. The van der Waals surface area contributed by atoms with E-state index in [0.29, 0.717) is 48.5 Å². The van der Waals surface area contributed by atoms with Crippen molar-refractivity contribution in [1.82, 2.24) is 19.4 Å². The molecule has 2 aromatic carbocycles. The largest absolute Gasteiger partial charge is 0.494 e. The predicted molar refractivity (Wildman–Crippen MR) is 159 cm³/mol. The van der Waals surface area contributed by atoms with Crippen LogP contribution in [0.2, 0.25) is 5.02 Å². The Hall–Kier alpha value is -3.93. The summed E-state index contributed by atoms with van der Waals surface area (Å²) in [4.78, 5) is 22.7. The summed E-state index contributed by atoms with van der Waals surface area (Å²) in [5.41, 5.74) is 4.16. The number of para-hydroxylation sites is 1. The minimum atomic E-state index is -0.475. The number of methoxy groups -OCH3 is 1. The van der Waals surface area contributed by atoms with Gasteiger partial charge < -0.3 is 24.1 Å². The van der Waals surface area contributed by atoms with Gasteiger partial charge in [-0.25, -0.2) is 9.97 Å². The number of rotatable bonds is 9. The Morgan fingerprint density at radius 3 is 2.80 bits per heavy atom. The number of morpholine rings is 1. The van der Waals surface area contributed by atoms with Crippen LogP contribution in [-0.2, 0) is 17.7 Å². The predicted octanol–water partition coefficient (Wildman–Crippen LogP) is 5.71. The van der Waals surface area contributed by atoms with Crippen molar-refractivity contribution >= 4 is 39.8 Å². The van der Waals surface area contributed by atoms with Gasteiger partial charge in [0.15, 0.2) is 0 Å². The molecular weight excluding hydrogens is 548 g/mol. The fraction of sp³-hybridized carbons (Fsp3) is 0.379. The summed E-state index contributed by atoms with van der Waals surface area (Å²) in [6.07, 6.45) is 5.73. The lowest BCUT2D eigenvalue weighted by Gasteiger charge is -2.26. The second kappa shape index (κ2) is 12.3. The smallest absolute Gasteiger partial charge is 0.313 e. The fourth-order valence-electron chi connectivity index (χ4n) is 5.37. The molecule has 2 aliphatic heterocycles. The third-order valence-corrected chi connectivity index (χ3v) is 7.60. The number of anilines is 2. The van der Waals surface area contributed by atoms with Crippen molar-refractivity contribution in [2.45, 2.75) is 26.8 Å². The van der Waals surface area contributed by atoms with E-state index in [9.17, 15) is 10.1 Å². The first-order valence-electron chi connectivity index (χ1n) is 13.2. The van der Waals surface area contributed by atoms with Crippen LogP contribution in [0.25, 0.3) is 22.2 Å². The molecule has 4 heterocycles. The monoisotopic (exact) mass is 580 g/mol. The van der Waals surface area contributed by atoms with Crippen LogP contribution < -0.4 is 14.8 Å². The first-order valence-corrected chi connectivity index (χ1v) is 13.6. The highest BCUT2D eigenvalue weighted by atomic mass is 35.5. The molecule has 41 heavy (non-hydrogen) atoms. The quantitative estimate of drug-likeness (QED) is 0.196. The number of nitro benzene ring substituents is 1. The number of hydrogen-bond donors (Lipinski definition) is 1. The van der Waals surface area contributed by atoms with Crippen molar-refractivity contribution in [3.05, 3.63) is 63.4 Å². The van der Waals surface area contributed by atoms with E-state index in [1.165, 1.54) is 36.5 Å². The van der Waals surface area contributed by atoms with Crippen molar-refractivity contribution < 1.29 is 19.1 Å². The first-order chi connectivity index (χ1) is 19.5. The van der Waals surface area contributed by atoms with Crippen molar-refractivity contribution in [3.63, 3.8) is 0 Å². The molecule has 1 N–H and O–H groups in total. The van der Waals surface area contributed by atoms with E-state index in [1.807, 2.05) is 0 Å². The van der Waals surface area contributed by atoms with Gasteiger partial charge in [0.25, 0.3) is 0 Å². The van der Waals surface area contributed by atoms with Gasteiger partial charge >= 0.3 is 5.69 Å². The van der Waals surface area contributed by atoms with Gasteiger partial charge in [0.05, 0.1) is 53.4 Å². The number of nitro groups is 1. The molecule has 12 heteroatoms. The van der Waals surface area contributed by atoms with E-state index in [1.54, 1.807) is 0 Å². The van der Waals surface area contributed by atoms with Gasteiger partial charge in [0.1, 0.15) is 12.4 Å². The van der Waals surface area contributed by atoms with Gasteiger partial charge in [-0.15, -0.1) is 0 Å². The molecule has 0 saturated carbocycles. The number of nitrogens with one attached hydrogen (secondary N) is 1. The van der Waals surface area contributed by atoms with Crippen molar-refractivity contribution in [2.24, 2.45) is 0 Å². The van der Waals surface area contributed by atoms with E-state index in [2.05, 4.69) is 44.2 Å². The maximum atomic E-state index is 11.9. The topological polar surface area (TPSA) is 117 Å². The van der Waals surface area contributed by atoms with Gasteiger partial charge in [-0.1, -0.05) is 37.2 Å². The molecule has 4 aromatic rings. The van der Waals surface area contributed by atoms with Crippen LogP contribution in [0.15, 0.2) is 42.7 Å². The lowest BCUT2D eigenvalue weighted by Crippen LogP contribution is -2.38. The van der Waals surface area contributed by atoms with Gasteiger partial charge in [-0.3, -0.25) is 15.0 Å². The average molecular weight is 581 g/mol. The van der Waals surface area contributed by atoms with Crippen LogP contribution in [-0.4, -0.2) is 70.9 Å². The minimum absolute atomic E-state index is 0. The Morgan fingerprint density at radius 2 is 2.02 bits per heavy atom. The molecule has 2 aromatic heterocycles. The molecule has 0 bridgehead atoms. The SMILES string of the molecule is C.COc1cc(OCCN2CCOCC2)c([N+](=O)[O-])cc1Nc1ncc(Cl)c(-c2cn3c4c(cccc24)CCC3)n1. The Kier molecular flexibility index (Phi) is 8.57. The number of ether oxygens (including phenoxy) is 3. The van der Waals surface area contributed by atoms with Crippen molar-refractivity contribution in [3.8, 4) is 22.8 Å². The number of nitrogens with zero attached hydrogens (tertiary/aromatic N) is 5. The van der Waals surface area contributed by atoms with E-state index in [-0.39, 0.29) is 24.8 Å². The summed E-state index contributed by atoms with van der Waals surface area (Å²) in [7, 11) is 1.49. The van der Waals surface area contributed by atoms with E-state index in [0.717, 1.165) is 43.4 Å². The molecule has 0 radical (unpaired) electrons. The number of benzene rings is 2. The van der Waals surface area contributed by atoms with E-state index in [4.69, 9.17) is 30.8 Å². The maximum absolute atomic E-state index is 11.9. The minimum Gasteiger partial charge on any atom is -0.494 e. The van der Waals surface area contributed by atoms with Crippen molar-refractivity contribution in [1.29, 1.82) is 0 Å². The highest BCUT2D eigenvalue weighted by Gasteiger charge is 2.23. The number of halogens is 1. The summed E-state index contributed by atoms with van der Waals surface area (Å²) in [6.45, 7) is 4.84. The molecule has 1 fully saturated rings. The summed E-state index contributed by atoms with van der Waals surface area (Å²) in [6, 6.07) is 9.18. The highest BCUT2D eigenvalue weighted by Crippen LogP contribution is 2.40. The van der Waals surface area contributed by atoms with Gasteiger partial charge in [0.2, 0.25) is 11.7 Å². The zero-order chi connectivity index (χ0) is 27.6. The fourth-order valence-corrected chi connectivity index (χ4v) is 5.56. The van der Waals surface area contributed by atoms with Gasteiger partial charge in [-0.2, -0.15) is 0 Å². The zero-order valence-electron chi connectivity index (χ0n) is 22.1. The number of aromatic nitrogens is 3. The standard InChI is InChI=1S/C28H29ClN6O5.CH4/c1-38-24-15-25(40-13-10-33-8-11-39-12-9-33)23(35(36)37)14-22(24)31-28-30-16-21(29)26(32-28)20-17-34-7-3-5-18-4-2-6-19(20)27(18)34;/h2,4,6,14-17H,3,5,7-13H2,1H3,(H,30,31,32);1H4. The molecule has 0 unspecified atom stereocenters. The van der Waals surface area contributed by atoms with Crippen LogP contribution in [0.1, 0.15) is 19.4 Å². The molecule has 0 spiro atoms. The summed E-state index contributed by atoms with van der Waals surface area (Å²) in [5, 5.41) is 16.5. The van der Waals surface area contributed by atoms with Crippen LogP contribution in [0.4, 0.5) is 17.3 Å². The van der Waals surface area contributed by atoms with E-state index < -0.39 is 4.92 Å². The Morgan fingerprint density at radius 1 is 1.20 bits per heavy atom. The summed E-state index contributed by atoms with van der Waals surface area (Å²) >= 11 is 6.59. The molecule has 0 amide bonds. The maximum Gasteiger partial charge on any atom is 0.313 e. The van der Waals surface area contributed by atoms with Crippen LogP contribution >= 0.6 is 11.6 Å². The Balaban J connectivity index is 0.00000337. The number of aryl methyl sites for hydroxylation is 2. The second-order valence-electron chi connectivity index (χ2n) is 9.75. The van der Waals surface area contributed by atoms with Crippen LogP contribution in [0.3, 0.4) is 0 Å². The third-order valence-electron chi connectivity index (χ3n) is 7.32. The van der Waals surface area contributed by atoms with Gasteiger partial charge in [0, 0.05) is 55.5 Å². The zero-order valence-corrected chi connectivity index (χ0v) is 22.8. The van der Waals surface area contributed by atoms with Crippen LogP contribution in [0.5, 0.6) is 11.5 Å². The molecule has 11 nitrogen and oxygen atoms in total. The lowest BCUT2D eigenvalue weighted by molar-refractivity contribution is -0.385. The molecule has 2 aliphatic rings. The summed E-state index contributed by atoms with van der Waals surface area (Å²) < 4.78 is 19.0. The normalized spacial score (nSPS) is 14.9. The molecule has 0 aliphatic carbocycles. The molecule has 216 valence electrons. The summed E-state index contributed by atoms with van der Waals surface area (Å²) in [5.74, 6) is 0.728. The lowest BCUT2D eigenvalue weighted by atomic mass is 10.0. The van der Waals surface area contributed by atoms with Gasteiger partial charge in [-0.05, 0) is 18.4 Å². The highest BCUT2D eigenvalue weighted by molar-refractivity contribution is 6.33. The number of hydrogen-bond acceptors (Lipinski definition) is 9. The second-order valence-corrected chi connectivity index (χ2v) is 10.2. The first kappa shape index (κ1) is 28.6. The van der Waals surface area contributed by atoms with Crippen LogP contribution in [0, 0.1) is 10.1 Å². The molecule has 6 rings (SSSR count). The average Bonchev–Trinajstić information content (AvgIpc) is 3.35.